The highest BCUT2D eigenvalue weighted by molar-refractivity contribution is 7.15. The molecule has 142 valence electrons. The van der Waals surface area contributed by atoms with Crippen molar-refractivity contribution < 1.29 is 23.0 Å². The molecule has 0 aliphatic heterocycles. The Morgan fingerprint density at radius 3 is 2.93 bits per heavy atom. The molecule has 2 heterocycles. The van der Waals surface area contributed by atoms with E-state index in [9.17, 15) is 18.4 Å². The Hall–Kier alpha value is -3.01. The van der Waals surface area contributed by atoms with Crippen LogP contribution in [0.5, 0.6) is 11.5 Å². The number of amides is 1. The predicted molar refractivity (Wildman–Crippen MR) is 95.0 cm³/mol. The minimum atomic E-state index is -2.95. The highest BCUT2D eigenvalue weighted by Crippen LogP contribution is 2.29. The third kappa shape index (κ3) is 4.22. The first-order valence-electron chi connectivity index (χ1n) is 7.84. The van der Waals surface area contributed by atoms with Crippen molar-refractivity contribution in [2.45, 2.75) is 13.0 Å². The van der Waals surface area contributed by atoms with E-state index in [1.165, 1.54) is 35.1 Å². The lowest BCUT2D eigenvalue weighted by molar-refractivity contribution is -0.0512. The SMILES string of the molecule is COc1cc(CCNC(=O)c2cnc3sccn3c2=O)ccc1OC(F)F. The van der Waals surface area contributed by atoms with Gasteiger partial charge in [-0.05, 0) is 24.1 Å². The quantitative estimate of drug-likeness (QED) is 0.664. The van der Waals surface area contributed by atoms with Crippen molar-refractivity contribution in [3.05, 3.63) is 57.5 Å². The number of methoxy groups -OCH3 is 1. The number of carbonyl (C=O) groups is 1. The Balaban J connectivity index is 1.64. The van der Waals surface area contributed by atoms with E-state index >= 15 is 0 Å². The number of nitrogens with one attached hydrogen (secondary N) is 1. The van der Waals surface area contributed by atoms with Gasteiger partial charge in [0.15, 0.2) is 16.5 Å². The van der Waals surface area contributed by atoms with E-state index in [0.29, 0.717) is 11.4 Å². The van der Waals surface area contributed by atoms with Crippen molar-refractivity contribution in [2.24, 2.45) is 0 Å². The molecule has 0 bridgehead atoms. The molecule has 7 nitrogen and oxygen atoms in total. The smallest absolute Gasteiger partial charge is 0.387 e. The molecule has 0 saturated heterocycles. The van der Waals surface area contributed by atoms with E-state index in [1.54, 1.807) is 23.7 Å². The van der Waals surface area contributed by atoms with Gasteiger partial charge in [-0.2, -0.15) is 8.78 Å². The number of aromatic nitrogens is 2. The summed E-state index contributed by atoms with van der Waals surface area (Å²) in [4.78, 5) is 29.1. The molecule has 3 aromatic rings. The fourth-order valence-corrected chi connectivity index (χ4v) is 3.13. The molecule has 10 heteroatoms. The van der Waals surface area contributed by atoms with Gasteiger partial charge in [-0.25, -0.2) is 4.98 Å². The first-order valence-corrected chi connectivity index (χ1v) is 8.72. The number of hydrogen-bond acceptors (Lipinski definition) is 6. The zero-order valence-electron chi connectivity index (χ0n) is 14.1. The highest BCUT2D eigenvalue weighted by Gasteiger charge is 2.14. The van der Waals surface area contributed by atoms with Gasteiger partial charge in [0.25, 0.3) is 11.5 Å². The number of alkyl halides is 2. The number of halogens is 2. The first-order chi connectivity index (χ1) is 13.0. The van der Waals surface area contributed by atoms with Gasteiger partial charge in [0.05, 0.1) is 7.11 Å². The molecule has 0 unspecified atom stereocenters. The minimum Gasteiger partial charge on any atom is -0.493 e. The van der Waals surface area contributed by atoms with E-state index in [-0.39, 0.29) is 23.6 Å². The van der Waals surface area contributed by atoms with Crippen molar-refractivity contribution in [1.29, 1.82) is 0 Å². The fourth-order valence-electron chi connectivity index (χ4n) is 2.46. The molecule has 1 N–H and O–H groups in total. The van der Waals surface area contributed by atoms with Crippen molar-refractivity contribution >= 4 is 22.2 Å². The number of rotatable bonds is 7. The second kappa shape index (κ2) is 8.12. The van der Waals surface area contributed by atoms with E-state index in [0.717, 1.165) is 5.56 Å². The van der Waals surface area contributed by atoms with Crippen LogP contribution in [-0.2, 0) is 6.42 Å². The van der Waals surface area contributed by atoms with Crippen LogP contribution in [0, 0.1) is 0 Å². The Labute approximate surface area is 156 Å². The molecule has 0 aliphatic rings. The number of hydrogen-bond donors (Lipinski definition) is 1. The lowest BCUT2D eigenvalue weighted by Gasteiger charge is -2.11. The number of benzene rings is 1. The summed E-state index contributed by atoms with van der Waals surface area (Å²) in [5, 5.41) is 4.36. The lowest BCUT2D eigenvalue weighted by atomic mass is 10.1. The van der Waals surface area contributed by atoms with Gasteiger partial charge in [0.2, 0.25) is 0 Å². The maximum Gasteiger partial charge on any atom is 0.387 e. The summed E-state index contributed by atoms with van der Waals surface area (Å²) in [7, 11) is 1.35. The standard InChI is InChI=1S/C17H15F2N3O4S/c1-25-13-8-10(2-3-12(13)26-16(18)19)4-5-20-14(23)11-9-21-17-22(15(11)24)6-7-27-17/h2-3,6-9,16H,4-5H2,1H3,(H,20,23). The molecule has 1 amide bonds. The van der Waals surface area contributed by atoms with E-state index in [4.69, 9.17) is 4.74 Å². The number of thiazole rings is 1. The summed E-state index contributed by atoms with van der Waals surface area (Å²) < 4.78 is 35.4. The summed E-state index contributed by atoms with van der Waals surface area (Å²) in [6.07, 6.45) is 3.22. The highest BCUT2D eigenvalue weighted by atomic mass is 32.1. The summed E-state index contributed by atoms with van der Waals surface area (Å²) in [5.74, 6) is -0.425. The summed E-state index contributed by atoms with van der Waals surface area (Å²) in [5.41, 5.74) is 0.259. The van der Waals surface area contributed by atoms with Crippen LogP contribution in [0.4, 0.5) is 8.78 Å². The number of fused-ring (bicyclic) bond motifs is 1. The Morgan fingerprint density at radius 2 is 2.19 bits per heavy atom. The molecular formula is C17H15F2N3O4S. The van der Waals surface area contributed by atoms with Crippen LogP contribution in [-0.4, -0.2) is 35.6 Å². The number of nitrogens with zero attached hydrogens (tertiary/aromatic N) is 2. The Bertz CT molecular complexity index is 1020. The molecule has 0 saturated carbocycles. The van der Waals surface area contributed by atoms with Crippen LogP contribution < -0.4 is 20.3 Å². The second-order valence-electron chi connectivity index (χ2n) is 5.40. The number of ether oxygens (including phenoxy) is 2. The summed E-state index contributed by atoms with van der Waals surface area (Å²) in [6, 6.07) is 4.53. The van der Waals surface area contributed by atoms with Gasteiger partial charge in [-0.1, -0.05) is 6.07 Å². The lowest BCUT2D eigenvalue weighted by Crippen LogP contribution is -2.32. The van der Waals surface area contributed by atoms with Gasteiger partial charge in [0, 0.05) is 24.3 Å². The van der Waals surface area contributed by atoms with Crippen LogP contribution in [0.15, 0.2) is 40.8 Å². The molecule has 0 radical (unpaired) electrons. The maximum absolute atomic E-state index is 12.3. The zero-order valence-corrected chi connectivity index (χ0v) is 15.0. The van der Waals surface area contributed by atoms with Crippen molar-refractivity contribution in [1.82, 2.24) is 14.7 Å². The van der Waals surface area contributed by atoms with Gasteiger partial charge < -0.3 is 14.8 Å². The minimum absolute atomic E-state index is 0.0517. The normalized spacial score (nSPS) is 11.0. The van der Waals surface area contributed by atoms with Gasteiger partial charge in [-0.15, -0.1) is 11.3 Å². The van der Waals surface area contributed by atoms with E-state index < -0.39 is 18.1 Å². The second-order valence-corrected chi connectivity index (χ2v) is 6.28. The average molecular weight is 395 g/mol. The van der Waals surface area contributed by atoms with Gasteiger partial charge in [-0.3, -0.25) is 14.0 Å². The average Bonchev–Trinajstić information content (AvgIpc) is 3.12. The third-order valence-corrected chi connectivity index (χ3v) is 4.50. The van der Waals surface area contributed by atoms with Crippen molar-refractivity contribution in [2.75, 3.05) is 13.7 Å². The molecule has 1 aromatic carbocycles. The third-order valence-electron chi connectivity index (χ3n) is 3.73. The van der Waals surface area contributed by atoms with Crippen LogP contribution in [0.2, 0.25) is 0 Å². The Kier molecular flexibility index (Phi) is 5.65. The predicted octanol–water partition coefficient (Wildman–Crippen LogP) is 2.34. The van der Waals surface area contributed by atoms with Crippen LogP contribution >= 0.6 is 11.3 Å². The molecule has 0 spiro atoms. The van der Waals surface area contributed by atoms with Crippen LogP contribution in [0.25, 0.3) is 4.96 Å². The first kappa shape index (κ1) is 18.8. The Morgan fingerprint density at radius 1 is 1.37 bits per heavy atom. The molecular weight excluding hydrogens is 380 g/mol. The van der Waals surface area contributed by atoms with Gasteiger partial charge in [0.1, 0.15) is 5.56 Å². The molecule has 2 aromatic heterocycles. The summed E-state index contributed by atoms with van der Waals surface area (Å²) >= 11 is 1.30. The molecule has 0 atom stereocenters. The monoisotopic (exact) mass is 395 g/mol. The summed E-state index contributed by atoms with van der Waals surface area (Å²) in [6.45, 7) is -2.71. The van der Waals surface area contributed by atoms with Crippen LogP contribution in [0.3, 0.4) is 0 Å². The van der Waals surface area contributed by atoms with E-state index in [2.05, 4.69) is 15.0 Å². The number of carbonyl (C=O) groups excluding carboxylic acids is 1. The van der Waals surface area contributed by atoms with Crippen molar-refractivity contribution in [3.8, 4) is 11.5 Å². The largest absolute Gasteiger partial charge is 0.493 e. The zero-order chi connectivity index (χ0) is 19.4. The van der Waals surface area contributed by atoms with Crippen molar-refractivity contribution in [3.63, 3.8) is 0 Å². The molecule has 0 fully saturated rings. The van der Waals surface area contributed by atoms with Crippen LogP contribution in [0.1, 0.15) is 15.9 Å². The van der Waals surface area contributed by atoms with Gasteiger partial charge >= 0.3 is 6.61 Å². The maximum atomic E-state index is 12.3. The molecule has 0 aliphatic carbocycles. The molecule has 3 rings (SSSR count). The van der Waals surface area contributed by atoms with E-state index in [1.807, 2.05) is 0 Å². The fraction of sp³-hybridized carbons (Fsp3) is 0.235. The molecule has 27 heavy (non-hydrogen) atoms. The topological polar surface area (TPSA) is 81.9 Å².